The van der Waals surface area contributed by atoms with Gasteiger partial charge in [0.25, 0.3) is 0 Å². The highest BCUT2D eigenvalue weighted by Gasteiger charge is 2.38. The summed E-state index contributed by atoms with van der Waals surface area (Å²) in [4.78, 5) is 0.285. The Bertz CT molecular complexity index is 1300. The van der Waals surface area contributed by atoms with Crippen molar-refractivity contribution in [2.75, 3.05) is 12.4 Å². The van der Waals surface area contributed by atoms with Gasteiger partial charge in [-0.05, 0) is 55.0 Å². The normalized spacial score (nSPS) is 18.2. The molecule has 3 atom stereocenters. The maximum absolute atomic E-state index is 13.5. The molecule has 192 valence electrons. The Morgan fingerprint density at radius 2 is 1.64 bits per heavy atom. The van der Waals surface area contributed by atoms with Crippen LogP contribution in [0.3, 0.4) is 0 Å². The van der Waals surface area contributed by atoms with Crippen molar-refractivity contribution in [3.8, 4) is 0 Å². The van der Waals surface area contributed by atoms with Crippen molar-refractivity contribution in [2.24, 2.45) is 0 Å². The molecule has 1 N–H and O–H groups in total. The van der Waals surface area contributed by atoms with E-state index in [0.717, 1.165) is 22.3 Å². The van der Waals surface area contributed by atoms with Crippen LogP contribution in [0.4, 0.5) is 0 Å². The number of hydrogen-bond donors (Lipinski definition) is 1. The Labute approximate surface area is 216 Å². The van der Waals surface area contributed by atoms with Crippen LogP contribution in [0.15, 0.2) is 71.6 Å². The Kier molecular flexibility index (Phi) is 8.74. The summed E-state index contributed by atoms with van der Waals surface area (Å²) in [7, 11) is -3.83. The molecule has 0 bridgehead atoms. The lowest BCUT2D eigenvalue weighted by atomic mass is 10.1. The molecule has 1 aliphatic rings. The highest BCUT2D eigenvalue weighted by Crippen LogP contribution is 2.35. The number of rotatable bonds is 11. The van der Waals surface area contributed by atoms with Crippen LogP contribution in [0.25, 0.3) is 0 Å². The van der Waals surface area contributed by atoms with Gasteiger partial charge in [-0.25, -0.2) is 17.3 Å². The summed E-state index contributed by atoms with van der Waals surface area (Å²) in [6.07, 6.45) is 0.511. The number of benzene rings is 3. The largest absolute Gasteiger partial charge is 0.377 e. The average molecular weight is 528 g/mol. The first kappa shape index (κ1) is 26.7. The first-order chi connectivity index (χ1) is 17.2. The molecule has 0 aliphatic heterocycles. The van der Waals surface area contributed by atoms with E-state index in [9.17, 15) is 12.6 Å². The van der Waals surface area contributed by atoms with Crippen LogP contribution in [0, 0.1) is 20.8 Å². The zero-order chi connectivity index (χ0) is 25.7. The number of hydrogen-bond acceptors (Lipinski definition) is 5. The molecular weight excluding hydrogens is 494 g/mol. The summed E-state index contributed by atoms with van der Waals surface area (Å²) in [5.74, 6) is 0.317. The monoisotopic (exact) mass is 527 g/mol. The average Bonchev–Trinajstić information content (AvgIpc) is 3.14. The van der Waals surface area contributed by atoms with Gasteiger partial charge in [0.2, 0.25) is 10.0 Å². The molecule has 0 saturated heterocycles. The Balaban J connectivity index is 1.40. The second-order valence-corrected chi connectivity index (χ2v) is 12.1. The Morgan fingerprint density at radius 1 is 0.972 bits per heavy atom. The third kappa shape index (κ3) is 6.49. The molecule has 0 fully saturated rings. The second-order valence-electron chi connectivity index (χ2n) is 9.26. The molecule has 0 aromatic heterocycles. The third-order valence-corrected chi connectivity index (χ3v) is 9.11. The molecule has 4 rings (SSSR count). The van der Waals surface area contributed by atoms with Gasteiger partial charge in [-0.1, -0.05) is 72.3 Å². The van der Waals surface area contributed by atoms with Gasteiger partial charge >= 0.3 is 0 Å². The first-order valence-electron chi connectivity index (χ1n) is 12.1. The Morgan fingerprint density at radius 3 is 2.36 bits per heavy atom. The van der Waals surface area contributed by atoms with E-state index >= 15 is 0 Å². The molecule has 0 spiro atoms. The SMILES string of the molecule is Cc1cc(C)c(S(=O)(=O)N[C@@H]2c3ccccc3C[C@@H]2O[S@@](=O)CCCOCc2ccccc2)c(C)c1. The molecule has 0 heterocycles. The highest BCUT2D eigenvalue weighted by molar-refractivity contribution is 7.89. The van der Waals surface area contributed by atoms with Crippen molar-refractivity contribution in [1.29, 1.82) is 0 Å². The molecule has 1 aliphatic carbocycles. The van der Waals surface area contributed by atoms with Crippen LogP contribution < -0.4 is 4.72 Å². The zero-order valence-electron chi connectivity index (χ0n) is 20.9. The van der Waals surface area contributed by atoms with Gasteiger partial charge in [-0.3, -0.25) is 4.18 Å². The van der Waals surface area contributed by atoms with Crippen LogP contribution in [0.1, 0.15) is 45.8 Å². The first-order valence-corrected chi connectivity index (χ1v) is 14.8. The van der Waals surface area contributed by atoms with Gasteiger partial charge in [0.1, 0.15) is 0 Å². The van der Waals surface area contributed by atoms with E-state index in [1.165, 1.54) is 0 Å². The van der Waals surface area contributed by atoms with Crippen LogP contribution in [-0.4, -0.2) is 31.1 Å². The fourth-order valence-electron chi connectivity index (χ4n) is 4.83. The number of ether oxygens (including phenoxy) is 1. The van der Waals surface area contributed by atoms with Gasteiger partial charge in [-0.15, -0.1) is 0 Å². The van der Waals surface area contributed by atoms with Crippen molar-refractivity contribution in [3.63, 3.8) is 0 Å². The van der Waals surface area contributed by atoms with Crippen LogP contribution in [-0.2, 0) is 43.1 Å². The van der Waals surface area contributed by atoms with Gasteiger partial charge in [0.15, 0.2) is 11.1 Å². The quantitative estimate of drug-likeness (QED) is 0.361. The van der Waals surface area contributed by atoms with E-state index in [-0.39, 0.29) is 4.90 Å². The van der Waals surface area contributed by atoms with E-state index in [2.05, 4.69) is 4.72 Å². The van der Waals surface area contributed by atoms with Crippen molar-refractivity contribution in [1.82, 2.24) is 4.72 Å². The number of aryl methyl sites for hydroxylation is 3. The van der Waals surface area contributed by atoms with E-state index in [1.54, 1.807) is 13.8 Å². The second kappa shape index (κ2) is 11.8. The lowest BCUT2D eigenvalue weighted by Gasteiger charge is -2.23. The molecular formula is C28H33NO5S2. The smallest absolute Gasteiger partial charge is 0.241 e. The highest BCUT2D eigenvalue weighted by atomic mass is 32.2. The molecule has 0 unspecified atom stereocenters. The van der Waals surface area contributed by atoms with E-state index in [0.29, 0.717) is 42.9 Å². The molecule has 0 amide bonds. The van der Waals surface area contributed by atoms with Gasteiger partial charge in [0.05, 0.1) is 29.4 Å². The fourth-order valence-corrected chi connectivity index (χ4v) is 7.43. The number of fused-ring (bicyclic) bond motifs is 1. The molecule has 6 nitrogen and oxygen atoms in total. The standard InChI is InChI=1S/C28H33NO5S2/c1-20-16-21(2)28(22(3)17-20)36(31,32)29-27-25-13-8-7-12-24(25)18-26(27)34-35(30)15-9-14-33-19-23-10-5-4-6-11-23/h4-8,10-13,16-17,26-27,29H,9,14-15,18-19H2,1-3H3/t26-,27+,35+/m0/s1. The van der Waals surface area contributed by atoms with Crippen molar-refractivity contribution in [3.05, 3.63) is 100 Å². The number of nitrogens with one attached hydrogen (secondary N) is 1. The molecule has 0 saturated carbocycles. The molecule has 3 aromatic rings. The minimum Gasteiger partial charge on any atom is -0.377 e. The Hall–Kier alpha value is -2.36. The topological polar surface area (TPSA) is 81.7 Å². The van der Waals surface area contributed by atoms with Crippen molar-refractivity contribution in [2.45, 2.75) is 57.3 Å². The van der Waals surface area contributed by atoms with Crippen molar-refractivity contribution >= 4 is 21.1 Å². The van der Waals surface area contributed by atoms with Crippen LogP contribution in [0.2, 0.25) is 0 Å². The maximum atomic E-state index is 13.5. The third-order valence-electron chi connectivity index (χ3n) is 6.28. The zero-order valence-corrected chi connectivity index (χ0v) is 22.5. The lowest BCUT2D eigenvalue weighted by Crippen LogP contribution is -2.36. The van der Waals surface area contributed by atoms with E-state index in [4.69, 9.17) is 8.92 Å². The molecule has 0 radical (unpaired) electrons. The van der Waals surface area contributed by atoms with Gasteiger partial charge in [0, 0.05) is 13.0 Å². The summed E-state index contributed by atoms with van der Waals surface area (Å²) in [6.45, 7) is 6.54. The molecule has 3 aromatic carbocycles. The predicted molar refractivity (Wildman–Crippen MR) is 142 cm³/mol. The summed E-state index contributed by atoms with van der Waals surface area (Å²) in [5, 5.41) is 0. The van der Waals surface area contributed by atoms with Crippen LogP contribution in [0.5, 0.6) is 0 Å². The maximum Gasteiger partial charge on any atom is 0.241 e. The minimum atomic E-state index is -3.83. The lowest BCUT2D eigenvalue weighted by molar-refractivity contribution is 0.121. The summed E-state index contributed by atoms with van der Waals surface area (Å²) in [6, 6.07) is 20.7. The summed E-state index contributed by atoms with van der Waals surface area (Å²) in [5.41, 5.74) is 5.35. The fraction of sp³-hybridized carbons (Fsp3) is 0.357. The molecule has 8 heteroatoms. The number of sulfonamides is 1. The van der Waals surface area contributed by atoms with E-state index in [1.807, 2.05) is 73.7 Å². The van der Waals surface area contributed by atoms with Gasteiger partial charge < -0.3 is 4.74 Å². The predicted octanol–water partition coefficient (Wildman–Crippen LogP) is 4.84. The molecule has 36 heavy (non-hydrogen) atoms. The van der Waals surface area contributed by atoms with E-state index < -0.39 is 33.2 Å². The van der Waals surface area contributed by atoms with Gasteiger partial charge in [-0.2, -0.15) is 0 Å². The van der Waals surface area contributed by atoms with Crippen LogP contribution >= 0.6 is 0 Å². The van der Waals surface area contributed by atoms with Crippen molar-refractivity contribution < 1.29 is 21.5 Å². The summed E-state index contributed by atoms with van der Waals surface area (Å²) >= 11 is -1.57. The summed E-state index contributed by atoms with van der Waals surface area (Å²) < 4.78 is 54.2. The minimum absolute atomic E-state index is 0.285.